The van der Waals surface area contributed by atoms with Crippen LogP contribution in [0.2, 0.25) is 5.02 Å². The third-order valence-electron chi connectivity index (χ3n) is 8.59. The van der Waals surface area contributed by atoms with E-state index in [1.165, 1.54) is 6.42 Å². The number of nitrogens with one attached hydrogen (secondary N) is 2. The number of carbonyl (C=O) groups is 3. The predicted octanol–water partition coefficient (Wildman–Crippen LogP) is 4.47. The molecule has 198 valence electrons. The SMILES string of the molecule is CC12C=CC3(O1)C(C(=O)N(Cc1ccc(Cl)cc1)C3C(=O)NC1CCCCC1)C2C(=O)Nc1ccccc1. The maximum atomic E-state index is 14.2. The summed E-state index contributed by atoms with van der Waals surface area (Å²) in [6.45, 7) is 2.05. The monoisotopic (exact) mass is 533 g/mol. The summed E-state index contributed by atoms with van der Waals surface area (Å²) in [5.41, 5.74) is -0.702. The third kappa shape index (κ3) is 4.12. The van der Waals surface area contributed by atoms with Gasteiger partial charge in [-0.15, -0.1) is 0 Å². The minimum absolute atomic E-state index is 0.0783. The van der Waals surface area contributed by atoms with E-state index in [9.17, 15) is 14.4 Å². The van der Waals surface area contributed by atoms with Gasteiger partial charge in [0.1, 0.15) is 11.6 Å². The molecule has 7 nitrogen and oxygen atoms in total. The Kier molecular flexibility index (Phi) is 6.31. The molecule has 3 heterocycles. The van der Waals surface area contributed by atoms with Crippen LogP contribution in [0.1, 0.15) is 44.6 Å². The van der Waals surface area contributed by atoms with E-state index in [0.717, 1.165) is 31.2 Å². The van der Waals surface area contributed by atoms with E-state index in [1.807, 2.05) is 61.5 Å². The molecule has 0 aromatic heterocycles. The van der Waals surface area contributed by atoms with Crippen LogP contribution in [0.3, 0.4) is 0 Å². The van der Waals surface area contributed by atoms with Crippen molar-refractivity contribution in [3.8, 4) is 0 Å². The van der Waals surface area contributed by atoms with Crippen LogP contribution in [0, 0.1) is 11.8 Å². The number of rotatable bonds is 6. The Bertz CT molecular complexity index is 1280. The van der Waals surface area contributed by atoms with Crippen LogP contribution in [0.5, 0.6) is 0 Å². The van der Waals surface area contributed by atoms with Gasteiger partial charge in [-0.1, -0.05) is 73.3 Å². The number of para-hydroxylation sites is 1. The molecule has 5 unspecified atom stereocenters. The molecule has 38 heavy (non-hydrogen) atoms. The second kappa shape index (κ2) is 9.54. The van der Waals surface area contributed by atoms with E-state index in [4.69, 9.17) is 16.3 Å². The van der Waals surface area contributed by atoms with Gasteiger partial charge in [0.15, 0.2) is 0 Å². The highest BCUT2D eigenvalue weighted by atomic mass is 35.5. The number of amides is 3. The van der Waals surface area contributed by atoms with Crippen LogP contribution in [-0.2, 0) is 25.7 Å². The number of nitrogens with zero attached hydrogens (tertiary/aromatic N) is 1. The molecule has 3 amide bonds. The van der Waals surface area contributed by atoms with Gasteiger partial charge in [-0.2, -0.15) is 0 Å². The molecule has 1 aliphatic carbocycles. The fourth-order valence-corrected chi connectivity index (χ4v) is 6.98. The van der Waals surface area contributed by atoms with Gasteiger partial charge in [-0.25, -0.2) is 0 Å². The van der Waals surface area contributed by atoms with Gasteiger partial charge in [-0.05, 0) is 49.6 Å². The highest BCUT2D eigenvalue weighted by Crippen LogP contribution is 2.60. The first-order valence-corrected chi connectivity index (χ1v) is 13.8. The van der Waals surface area contributed by atoms with E-state index >= 15 is 0 Å². The average molecular weight is 534 g/mol. The Morgan fingerprint density at radius 3 is 2.42 bits per heavy atom. The van der Waals surface area contributed by atoms with E-state index in [-0.39, 0.29) is 30.3 Å². The third-order valence-corrected chi connectivity index (χ3v) is 8.84. The van der Waals surface area contributed by atoms with Crippen molar-refractivity contribution in [1.82, 2.24) is 10.2 Å². The normalized spacial score (nSPS) is 31.9. The molecule has 4 aliphatic rings. The summed E-state index contributed by atoms with van der Waals surface area (Å²) in [5.74, 6) is -2.34. The highest BCUT2D eigenvalue weighted by molar-refractivity contribution is 6.30. The topological polar surface area (TPSA) is 87.7 Å². The summed E-state index contributed by atoms with van der Waals surface area (Å²) in [6, 6.07) is 15.6. The summed E-state index contributed by atoms with van der Waals surface area (Å²) in [7, 11) is 0. The Balaban J connectivity index is 1.36. The van der Waals surface area contributed by atoms with Gasteiger partial charge in [0.2, 0.25) is 17.7 Å². The van der Waals surface area contributed by atoms with Crippen LogP contribution < -0.4 is 10.6 Å². The van der Waals surface area contributed by atoms with E-state index in [1.54, 1.807) is 17.0 Å². The zero-order chi connectivity index (χ0) is 26.5. The van der Waals surface area contributed by atoms with Crippen molar-refractivity contribution >= 4 is 35.0 Å². The van der Waals surface area contributed by atoms with Gasteiger partial charge in [-0.3, -0.25) is 14.4 Å². The van der Waals surface area contributed by atoms with Crippen LogP contribution in [0.15, 0.2) is 66.7 Å². The number of benzene rings is 2. The van der Waals surface area contributed by atoms with Crippen molar-refractivity contribution < 1.29 is 19.1 Å². The van der Waals surface area contributed by atoms with Gasteiger partial charge in [0.25, 0.3) is 0 Å². The van der Waals surface area contributed by atoms with Gasteiger partial charge in [0.05, 0.1) is 17.4 Å². The molecule has 6 rings (SSSR count). The van der Waals surface area contributed by atoms with E-state index in [2.05, 4.69) is 10.6 Å². The van der Waals surface area contributed by atoms with Gasteiger partial charge in [0, 0.05) is 23.3 Å². The lowest BCUT2D eigenvalue weighted by atomic mass is 9.70. The summed E-state index contributed by atoms with van der Waals surface area (Å²) < 4.78 is 6.61. The van der Waals surface area contributed by atoms with Gasteiger partial charge < -0.3 is 20.3 Å². The summed E-state index contributed by atoms with van der Waals surface area (Å²) >= 11 is 6.09. The first-order chi connectivity index (χ1) is 18.3. The maximum absolute atomic E-state index is 14.2. The zero-order valence-corrected chi connectivity index (χ0v) is 22.1. The lowest BCUT2D eigenvalue weighted by molar-refractivity contribution is -0.145. The average Bonchev–Trinajstić information content (AvgIpc) is 3.47. The molecule has 2 aromatic rings. The first kappa shape index (κ1) is 25.1. The molecule has 8 heteroatoms. The van der Waals surface area contributed by atoms with Crippen molar-refractivity contribution in [2.75, 3.05) is 5.32 Å². The molecule has 3 fully saturated rings. The number of anilines is 1. The Morgan fingerprint density at radius 2 is 1.71 bits per heavy atom. The van der Waals surface area contributed by atoms with Crippen LogP contribution in [0.4, 0.5) is 5.69 Å². The molecule has 3 aliphatic heterocycles. The molecule has 1 saturated carbocycles. The van der Waals surface area contributed by atoms with Crippen molar-refractivity contribution in [2.45, 2.75) is 68.9 Å². The minimum Gasteiger partial charge on any atom is -0.356 e. The summed E-state index contributed by atoms with van der Waals surface area (Å²) in [5, 5.41) is 6.79. The number of likely N-dealkylation sites (tertiary alicyclic amines) is 1. The van der Waals surface area contributed by atoms with Crippen LogP contribution >= 0.6 is 11.6 Å². The number of halogens is 1. The highest BCUT2D eigenvalue weighted by Gasteiger charge is 2.76. The number of fused-ring (bicyclic) bond motifs is 1. The largest absolute Gasteiger partial charge is 0.356 e. The van der Waals surface area contributed by atoms with E-state index in [0.29, 0.717) is 10.7 Å². The second-order valence-corrected chi connectivity index (χ2v) is 11.6. The number of carbonyl (C=O) groups excluding carboxylic acids is 3. The fraction of sp³-hybridized carbons (Fsp3) is 0.433. The standard InChI is InChI=1S/C30H32ClN3O4/c1-29-16-17-30(38-29)24(23(29)26(35)32-21-8-4-2-5-9-21)28(37)34(18-19-12-14-20(31)15-13-19)25(30)27(36)33-22-10-6-3-7-11-22/h2,4-5,8-9,12-17,22-25H,3,6-7,10-11,18H2,1H3,(H,32,35)(H,33,36). The van der Waals surface area contributed by atoms with Crippen LogP contribution in [0.25, 0.3) is 0 Å². The van der Waals surface area contributed by atoms with Crippen molar-refractivity contribution in [2.24, 2.45) is 11.8 Å². The van der Waals surface area contributed by atoms with Crippen molar-refractivity contribution in [3.05, 3.63) is 77.3 Å². The molecule has 2 bridgehead atoms. The number of hydrogen-bond donors (Lipinski definition) is 2. The predicted molar refractivity (Wildman–Crippen MR) is 144 cm³/mol. The van der Waals surface area contributed by atoms with Gasteiger partial charge >= 0.3 is 0 Å². The quantitative estimate of drug-likeness (QED) is 0.536. The van der Waals surface area contributed by atoms with Crippen LogP contribution in [-0.4, -0.2) is 45.9 Å². The summed E-state index contributed by atoms with van der Waals surface area (Å²) in [4.78, 5) is 43.4. The number of hydrogen-bond acceptors (Lipinski definition) is 4. The molecule has 2 N–H and O–H groups in total. The lowest BCUT2D eigenvalue weighted by Crippen LogP contribution is -2.56. The molecule has 2 aromatic carbocycles. The molecule has 2 saturated heterocycles. The minimum atomic E-state index is -1.21. The molecule has 0 radical (unpaired) electrons. The van der Waals surface area contributed by atoms with E-state index < -0.39 is 29.1 Å². The van der Waals surface area contributed by atoms with Crippen molar-refractivity contribution in [3.63, 3.8) is 0 Å². The fourth-order valence-electron chi connectivity index (χ4n) is 6.85. The smallest absolute Gasteiger partial charge is 0.246 e. The van der Waals surface area contributed by atoms with Crippen molar-refractivity contribution in [1.29, 1.82) is 0 Å². The molecule has 5 atom stereocenters. The maximum Gasteiger partial charge on any atom is 0.246 e. The molecular weight excluding hydrogens is 502 g/mol. The Morgan fingerprint density at radius 1 is 1.00 bits per heavy atom. The molecular formula is C30H32ClN3O4. The lowest BCUT2D eigenvalue weighted by Gasteiger charge is -2.34. The first-order valence-electron chi connectivity index (χ1n) is 13.4. The zero-order valence-electron chi connectivity index (χ0n) is 21.4. The Hall–Kier alpha value is -3.16. The summed E-state index contributed by atoms with van der Waals surface area (Å²) in [6.07, 6.45) is 8.89. The second-order valence-electron chi connectivity index (χ2n) is 11.1. The Labute approximate surface area is 227 Å². The number of ether oxygens (including phenoxy) is 1. The molecule has 1 spiro atoms.